The van der Waals surface area contributed by atoms with Gasteiger partial charge in [0.1, 0.15) is 17.5 Å². The maximum absolute atomic E-state index is 14.1. The first-order valence-corrected chi connectivity index (χ1v) is 16.9. The summed E-state index contributed by atoms with van der Waals surface area (Å²) in [5, 5.41) is 2.09. The van der Waals surface area contributed by atoms with Crippen LogP contribution in [0.5, 0.6) is 5.75 Å². The number of nitrogens with zero attached hydrogens (tertiary/aromatic N) is 3. The third-order valence-corrected chi connectivity index (χ3v) is 11.1. The van der Waals surface area contributed by atoms with E-state index in [4.69, 9.17) is 4.74 Å². The number of hydrogen-bond acceptors (Lipinski definition) is 8. The molecule has 250 valence electrons. The molecule has 1 aromatic heterocycles. The number of hydrogen-bond donors (Lipinski definition) is 1. The van der Waals surface area contributed by atoms with Crippen molar-refractivity contribution >= 4 is 57.9 Å². The maximum atomic E-state index is 14.1. The van der Waals surface area contributed by atoms with Crippen LogP contribution in [0.15, 0.2) is 82.6 Å². The fourth-order valence-corrected chi connectivity index (χ4v) is 8.96. The van der Waals surface area contributed by atoms with Gasteiger partial charge in [0.05, 0.1) is 29.3 Å². The van der Waals surface area contributed by atoms with Crippen molar-refractivity contribution in [1.29, 1.82) is 0 Å². The van der Waals surface area contributed by atoms with Crippen molar-refractivity contribution in [3.8, 4) is 5.75 Å². The van der Waals surface area contributed by atoms with Gasteiger partial charge in [0, 0.05) is 35.3 Å². The van der Waals surface area contributed by atoms with E-state index in [2.05, 4.69) is 10.2 Å². The number of ether oxygens (including phenoxy) is 1. The highest BCUT2D eigenvalue weighted by molar-refractivity contribution is 8.00. The van der Waals surface area contributed by atoms with E-state index in [9.17, 15) is 32.3 Å². The number of amides is 3. The van der Waals surface area contributed by atoms with Crippen molar-refractivity contribution in [3.05, 3.63) is 98.5 Å². The quantitative estimate of drug-likeness (QED) is 0.208. The van der Waals surface area contributed by atoms with E-state index in [0.29, 0.717) is 26.9 Å². The Morgan fingerprint density at radius 1 is 0.958 bits per heavy atom. The fourth-order valence-electron chi connectivity index (χ4n) is 6.19. The predicted molar refractivity (Wildman–Crippen MR) is 179 cm³/mol. The molecule has 3 amide bonds. The van der Waals surface area contributed by atoms with Gasteiger partial charge in [-0.1, -0.05) is 41.3 Å². The minimum atomic E-state index is -4.68. The lowest BCUT2D eigenvalue weighted by Crippen LogP contribution is -2.33. The molecule has 1 N–H and O–H groups in total. The fraction of sp³-hybridized carbons (Fsp3) is 0.294. The summed E-state index contributed by atoms with van der Waals surface area (Å²) in [6.45, 7) is 5.25. The molecular formula is C34H31F3N4O5S2. The highest BCUT2D eigenvalue weighted by Gasteiger charge is 2.57. The van der Waals surface area contributed by atoms with Gasteiger partial charge in [0.15, 0.2) is 0 Å². The normalized spacial score (nSPS) is 18.8. The number of anilines is 3. The van der Waals surface area contributed by atoms with Crippen LogP contribution in [0.25, 0.3) is 0 Å². The van der Waals surface area contributed by atoms with Crippen LogP contribution in [-0.2, 0) is 27.1 Å². The Labute approximate surface area is 282 Å². The van der Waals surface area contributed by atoms with Crippen LogP contribution < -0.4 is 24.7 Å². The second kappa shape index (κ2) is 13.2. The Balaban J connectivity index is 1.40. The first kappa shape index (κ1) is 33.3. The molecule has 1 saturated heterocycles. The van der Waals surface area contributed by atoms with Crippen LogP contribution in [-0.4, -0.2) is 47.7 Å². The standard InChI is InChI=1S/C34H31F3N4O5S2/c1-4-39(5-2)22-13-9-19(10-14-22)26-27-28(31(44)41(30(27)43)23-8-6-7-20(17-23)34(35,36)37)47-32-29(26)48-33(45)40(32)18-25(42)38-21-11-15-24(46-3)16-12-21/h6-17,26-28H,4-5,18H2,1-3H3,(H,38,42)/t26-,27-,28+/m0/s1. The summed E-state index contributed by atoms with van der Waals surface area (Å²) in [5.41, 5.74) is 0.953. The first-order valence-electron chi connectivity index (χ1n) is 15.2. The molecule has 0 spiro atoms. The van der Waals surface area contributed by atoms with Crippen molar-refractivity contribution in [3.63, 3.8) is 0 Å². The summed E-state index contributed by atoms with van der Waals surface area (Å²) in [7, 11) is 1.52. The van der Waals surface area contributed by atoms with E-state index < -0.39 is 51.4 Å². The Bertz CT molecular complexity index is 1920. The van der Waals surface area contributed by atoms with Gasteiger partial charge in [-0.25, -0.2) is 4.90 Å². The number of carbonyl (C=O) groups is 3. The number of imide groups is 1. The SMILES string of the molecule is CCN(CC)c1ccc([C@@H]2c3sc(=O)n(CC(=O)Nc4ccc(OC)cc4)c3S[C@H]3C(=O)N(c4cccc(C(F)(F)F)c4)C(=O)[C@@H]23)cc1. The summed E-state index contributed by atoms with van der Waals surface area (Å²) in [4.78, 5) is 57.8. The van der Waals surface area contributed by atoms with Gasteiger partial charge in [-0.3, -0.25) is 23.7 Å². The van der Waals surface area contributed by atoms with Crippen molar-refractivity contribution in [1.82, 2.24) is 4.57 Å². The molecule has 2 aliphatic heterocycles. The molecule has 0 bridgehead atoms. The molecule has 6 rings (SSSR count). The molecule has 1 fully saturated rings. The van der Waals surface area contributed by atoms with Crippen LogP contribution >= 0.6 is 23.1 Å². The lowest BCUT2D eigenvalue weighted by atomic mass is 9.83. The van der Waals surface area contributed by atoms with E-state index in [1.54, 1.807) is 24.3 Å². The molecule has 4 aromatic rings. The first-order chi connectivity index (χ1) is 22.9. The average molecular weight is 697 g/mol. The van der Waals surface area contributed by atoms with Gasteiger partial charge in [-0.2, -0.15) is 13.2 Å². The number of methoxy groups -OCH3 is 1. The molecule has 9 nitrogen and oxygen atoms in total. The topological polar surface area (TPSA) is 101 Å². The summed E-state index contributed by atoms with van der Waals surface area (Å²) in [6.07, 6.45) is -4.68. The van der Waals surface area contributed by atoms with Crippen molar-refractivity contribution < 1.29 is 32.3 Å². The number of thioether (sulfide) groups is 1. The van der Waals surface area contributed by atoms with Gasteiger partial charge >= 0.3 is 11.0 Å². The van der Waals surface area contributed by atoms with Crippen LogP contribution in [0.1, 0.15) is 35.8 Å². The Morgan fingerprint density at radius 2 is 1.65 bits per heavy atom. The molecule has 0 unspecified atom stereocenters. The van der Waals surface area contributed by atoms with Gasteiger partial charge in [0.2, 0.25) is 17.7 Å². The number of carbonyl (C=O) groups excluding carboxylic acids is 3. The molecule has 0 aliphatic carbocycles. The van der Waals surface area contributed by atoms with Crippen molar-refractivity contribution in [2.45, 2.75) is 42.8 Å². The summed E-state index contributed by atoms with van der Waals surface area (Å²) < 4.78 is 47.2. The molecule has 3 atom stereocenters. The van der Waals surface area contributed by atoms with E-state index in [-0.39, 0.29) is 12.2 Å². The number of thiazole rings is 1. The number of benzene rings is 3. The Kier molecular flexibility index (Phi) is 9.14. The van der Waals surface area contributed by atoms with Gasteiger partial charge < -0.3 is 15.0 Å². The minimum Gasteiger partial charge on any atom is -0.497 e. The number of fused-ring (bicyclic) bond motifs is 2. The molecule has 48 heavy (non-hydrogen) atoms. The van der Waals surface area contributed by atoms with Crippen molar-refractivity contribution in [2.24, 2.45) is 5.92 Å². The van der Waals surface area contributed by atoms with E-state index in [0.717, 1.165) is 65.0 Å². The van der Waals surface area contributed by atoms with Gasteiger partial charge in [-0.15, -0.1) is 0 Å². The highest BCUT2D eigenvalue weighted by atomic mass is 32.2. The lowest BCUT2D eigenvalue weighted by molar-refractivity contribution is -0.137. The minimum absolute atomic E-state index is 0.176. The zero-order valence-corrected chi connectivity index (χ0v) is 27.7. The monoisotopic (exact) mass is 696 g/mol. The Hall–Kier alpha value is -4.56. The third-order valence-electron chi connectivity index (χ3n) is 8.54. The van der Waals surface area contributed by atoms with Crippen LogP contribution in [0.4, 0.5) is 30.2 Å². The molecule has 14 heteroatoms. The highest BCUT2D eigenvalue weighted by Crippen LogP contribution is 2.54. The van der Waals surface area contributed by atoms with Gasteiger partial charge in [-0.05, 0) is 74.0 Å². The molecule has 3 heterocycles. The zero-order valence-electron chi connectivity index (χ0n) is 26.1. The molecule has 2 aliphatic rings. The van der Waals surface area contributed by atoms with Crippen LogP contribution in [0, 0.1) is 5.92 Å². The summed E-state index contributed by atoms with van der Waals surface area (Å²) in [6, 6.07) is 18.3. The Morgan fingerprint density at radius 3 is 2.27 bits per heavy atom. The van der Waals surface area contributed by atoms with E-state index in [1.807, 2.05) is 38.1 Å². The van der Waals surface area contributed by atoms with E-state index in [1.165, 1.54) is 17.7 Å². The third kappa shape index (κ3) is 6.10. The molecule has 3 aromatic carbocycles. The average Bonchev–Trinajstić information content (AvgIpc) is 3.51. The molecule has 0 radical (unpaired) electrons. The van der Waals surface area contributed by atoms with Crippen LogP contribution in [0.2, 0.25) is 0 Å². The number of alkyl halides is 3. The number of halogens is 3. The second-order valence-corrected chi connectivity index (χ2v) is 13.4. The maximum Gasteiger partial charge on any atom is 0.416 e. The number of nitrogens with one attached hydrogen (secondary N) is 1. The summed E-state index contributed by atoms with van der Waals surface area (Å²) >= 11 is 1.89. The number of aromatic nitrogens is 1. The predicted octanol–water partition coefficient (Wildman–Crippen LogP) is 6.22. The van der Waals surface area contributed by atoms with Gasteiger partial charge in [0.25, 0.3) is 0 Å². The van der Waals surface area contributed by atoms with Crippen molar-refractivity contribution in [2.75, 3.05) is 35.3 Å². The number of rotatable bonds is 9. The summed E-state index contributed by atoms with van der Waals surface area (Å²) in [5.74, 6) is -2.96. The molecule has 0 saturated carbocycles. The zero-order chi connectivity index (χ0) is 34.3. The largest absolute Gasteiger partial charge is 0.497 e. The van der Waals surface area contributed by atoms with Crippen LogP contribution in [0.3, 0.4) is 0 Å². The molecular weight excluding hydrogens is 666 g/mol. The van der Waals surface area contributed by atoms with E-state index >= 15 is 0 Å². The smallest absolute Gasteiger partial charge is 0.416 e. The second-order valence-electron chi connectivity index (χ2n) is 11.3. The lowest BCUT2D eigenvalue weighted by Gasteiger charge is -2.31.